The highest BCUT2D eigenvalue weighted by molar-refractivity contribution is 7.90. The highest BCUT2D eigenvalue weighted by atomic mass is 35.5. The summed E-state index contributed by atoms with van der Waals surface area (Å²) in [6.45, 7) is -0.225. The Morgan fingerprint density at radius 3 is 2.46 bits per heavy atom. The lowest BCUT2D eigenvalue weighted by Gasteiger charge is -2.16. The monoisotopic (exact) mass is 418 g/mol. The van der Waals surface area contributed by atoms with Crippen LogP contribution in [0.1, 0.15) is 15.9 Å². The van der Waals surface area contributed by atoms with E-state index in [-0.39, 0.29) is 33.7 Å². The van der Waals surface area contributed by atoms with Crippen molar-refractivity contribution in [3.8, 4) is 11.5 Å². The summed E-state index contributed by atoms with van der Waals surface area (Å²) in [4.78, 5) is 17.0. The maximum absolute atomic E-state index is 13.0. The van der Waals surface area contributed by atoms with Crippen LogP contribution in [0.3, 0.4) is 0 Å². The van der Waals surface area contributed by atoms with E-state index in [0.717, 1.165) is 9.69 Å². The van der Waals surface area contributed by atoms with E-state index in [1.165, 1.54) is 26.4 Å². The van der Waals surface area contributed by atoms with Crippen molar-refractivity contribution in [2.45, 2.75) is 11.4 Å². The van der Waals surface area contributed by atoms with Gasteiger partial charge in [0.2, 0.25) is 0 Å². The summed E-state index contributed by atoms with van der Waals surface area (Å²) >= 11 is 6.25. The number of sulfonamides is 1. The fourth-order valence-corrected chi connectivity index (χ4v) is 4.91. The molecule has 0 unspecified atom stereocenters. The molecule has 9 heteroatoms. The van der Waals surface area contributed by atoms with E-state index >= 15 is 0 Å². The van der Waals surface area contributed by atoms with E-state index in [1.807, 2.05) is 18.2 Å². The molecule has 1 aromatic heterocycles. The highest BCUT2D eigenvalue weighted by Crippen LogP contribution is 2.39. The first-order valence-electron chi connectivity index (χ1n) is 8.24. The number of methoxy groups -OCH3 is 2. The summed E-state index contributed by atoms with van der Waals surface area (Å²) in [6.07, 6.45) is 0. The molecule has 0 atom stereocenters. The summed E-state index contributed by atoms with van der Waals surface area (Å²) in [5.41, 5.74) is 1.15. The van der Waals surface area contributed by atoms with Gasteiger partial charge in [-0.05, 0) is 18.2 Å². The molecular weight excluding hydrogens is 404 g/mol. The number of rotatable bonds is 4. The molecule has 3 aromatic rings. The molecule has 0 spiro atoms. The van der Waals surface area contributed by atoms with E-state index in [1.54, 1.807) is 12.1 Å². The molecule has 2 aromatic carbocycles. The van der Waals surface area contributed by atoms with Gasteiger partial charge >= 0.3 is 0 Å². The summed E-state index contributed by atoms with van der Waals surface area (Å²) < 4.78 is 37.1. The molecule has 0 aliphatic carbocycles. The van der Waals surface area contributed by atoms with Crippen LogP contribution in [0.5, 0.6) is 11.5 Å². The maximum Gasteiger partial charge on any atom is 0.269 e. The van der Waals surface area contributed by atoms with Crippen LogP contribution in [-0.4, -0.2) is 37.8 Å². The SMILES string of the molecule is COc1cc2c(cc1OC)S(=O)(=O)N(Cc1cc3ccccc3nc1Cl)C2=O. The highest BCUT2D eigenvalue weighted by Gasteiger charge is 2.42. The second-order valence-electron chi connectivity index (χ2n) is 6.15. The van der Waals surface area contributed by atoms with Gasteiger partial charge < -0.3 is 9.47 Å². The van der Waals surface area contributed by atoms with Crippen molar-refractivity contribution in [1.29, 1.82) is 0 Å². The van der Waals surface area contributed by atoms with Gasteiger partial charge in [0, 0.05) is 17.0 Å². The van der Waals surface area contributed by atoms with Crippen molar-refractivity contribution in [2.75, 3.05) is 14.2 Å². The normalized spacial score (nSPS) is 15.0. The number of para-hydroxylation sites is 1. The average Bonchev–Trinajstić information content (AvgIpc) is 2.87. The molecule has 1 aliphatic rings. The third-order valence-electron chi connectivity index (χ3n) is 4.57. The van der Waals surface area contributed by atoms with Gasteiger partial charge in [-0.3, -0.25) is 4.79 Å². The molecule has 28 heavy (non-hydrogen) atoms. The number of pyridine rings is 1. The standard InChI is InChI=1S/C19H15ClN2O5S/c1-26-15-8-13-17(9-16(15)27-2)28(24,25)22(19(13)23)10-12-7-11-5-3-4-6-14(11)21-18(12)20/h3-9H,10H2,1-2H3. The van der Waals surface area contributed by atoms with Crippen LogP contribution in [0.2, 0.25) is 5.15 Å². The summed E-state index contributed by atoms with van der Waals surface area (Å²) in [7, 11) is -1.25. The Kier molecular flexibility index (Phi) is 4.40. The molecule has 0 saturated heterocycles. The predicted molar refractivity (Wildman–Crippen MR) is 103 cm³/mol. The van der Waals surface area contributed by atoms with Gasteiger partial charge in [0.1, 0.15) is 10.0 Å². The van der Waals surface area contributed by atoms with E-state index in [4.69, 9.17) is 21.1 Å². The zero-order chi connectivity index (χ0) is 20.1. The Bertz CT molecular complexity index is 1230. The van der Waals surface area contributed by atoms with Crippen LogP contribution in [0.25, 0.3) is 10.9 Å². The number of halogens is 1. The zero-order valence-corrected chi connectivity index (χ0v) is 16.5. The number of carbonyl (C=O) groups excluding carboxylic acids is 1. The lowest BCUT2D eigenvalue weighted by atomic mass is 10.1. The van der Waals surface area contributed by atoms with Gasteiger partial charge in [-0.15, -0.1) is 0 Å². The van der Waals surface area contributed by atoms with Crippen LogP contribution >= 0.6 is 11.6 Å². The number of fused-ring (bicyclic) bond motifs is 2. The average molecular weight is 419 g/mol. The third kappa shape index (κ3) is 2.76. The number of hydrogen-bond donors (Lipinski definition) is 0. The number of aromatic nitrogens is 1. The summed E-state index contributed by atoms with van der Waals surface area (Å²) in [5.74, 6) is -0.151. The van der Waals surface area contributed by atoms with Gasteiger partial charge in [-0.25, -0.2) is 17.7 Å². The maximum atomic E-state index is 13.0. The molecule has 2 heterocycles. The molecule has 0 bridgehead atoms. The van der Waals surface area contributed by atoms with Gasteiger partial charge in [0.25, 0.3) is 15.9 Å². The first-order chi connectivity index (χ1) is 13.4. The van der Waals surface area contributed by atoms with Crippen molar-refractivity contribution < 1.29 is 22.7 Å². The smallest absolute Gasteiger partial charge is 0.269 e. The van der Waals surface area contributed by atoms with E-state index < -0.39 is 15.9 Å². The number of hydrogen-bond acceptors (Lipinski definition) is 6. The van der Waals surface area contributed by atoms with Gasteiger partial charge in [0.05, 0.1) is 31.8 Å². The zero-order valence-electron chi connectivity index (χ0n) is 15.0. The Balaban J connectivity index is 1.79. The van der Waals surface area contributed by atoms with Crippen LogP contribution in [0.4, 0.5) is 0 Å². The number of carbonyl (C=O) groups is 1. The second kappa shape index (κ2) is 6.65. The molecule has 0 fully saturated rings. The van der Waals surface area contributed by atoms with Gasteiger partial charge in [-0.2, -0.15) is 0 Å². The Morgan fingerprint density at radius 1 is 1.07 bits per heavy atom. The minimum Gasteiger partial charge on any atom is -0.493 e. The van der Waals surface area contributed by atoms with Crippen molar-refractivity contribution in [3.05, 3.63) is 58.7 Å². The lowest BCUT2D eigenvalue weighted by Crippen LogP contribution is -2.29. The minimum atomic E-state index is -4.06. The molecule has 0 N–H and O–H groups in total. The number of ether oxygens (including phenoxy) is 2. The number of nitrogens with zero attached hydrogens (tertiary/aromatic N) is 2. The van der Waals surface area contributed by atoms with E-state index in [9.17, 15) is 13.2 Å². The van der Waals surface area contributed by atoms with Gasteiger partial charge in [0.15, 0.2) is 11.5 Å². The van der Waals surface area contributed by atoms with Crippen LogP contribution < -0.4 is 9.47 Å². The Morgan fingerprint density at radius 2 is 1.75 bits per heavy atom. The largest absolute Gasteiger partial charge is 0.493 e. The Labute approximate surface area is 166 Å². The molecule has 144 valence electrons. The first kappa shape index (κ1) is 18.5. The molecule has 1 aliphatic heterocycles. The van der Waals surface area contributed by atoms with Crippen LogP contribution in [-0.2, 0) is 16.6 Å². The third-order valence-corrected chi connectivity index (χ3v) is 6.67. The molecular formula is C19H15ClN2O5S. The predicted octanol–water partition coefficient (Wildman–Crippen LogP) is 3.25. The minimum absolute atomic E-state index is 0.0301. The lowest BCUT2D eigenvalue weighted by molar-refractivity contribution is 0.0864. The van der Waals surface area contributed by atoms with Crippen molar-refractivity contribution in [2.24, 2.45) is 0 Å². The fourth-order valence-electron chi connectivity index (χ4n) is 3.16. The summed E-state index contributed by atoms with van der Waals surface area (Å²) in [5, 5.41) is 0.944. The van der Waals surface area contributed by atoms with Crippen LogP contribution in [0, 0.1) is 0 Å². The molecule has 0 saturated carbocycles. The fraction of sp³-hybridized carbons (Fsp3) is 0.158. The second-order valence-corrected chi connectivity index (χ2v) is 8.34. The van der Waals surface area contributed by atoms with E-state index in [0.29, 0.717) is 11.1 Å². The van der Waals surface area contributed by atoms with Crippen molar-refractivity contribution in [3.63, 3.8) is 0 Å². The van der Waals surface area contributed by atoms with E-state index in [2.05, 4.69) is 4.98 Å². The van der Waals surface area contributed by atoms with Crippen LogP contribution in [0.15, 0.2) is 47.4 Å². The first-order valence-corrected chi connectivity index (χ1v) is 10.1. The van der Waals surface area contributed by atoms with Gasteiger partial charge in [-0.1, -0.05) is 29.8 Å². The van der Waals surface area contributed by atoms with Crippen molar-refractivity contribution >= 4 is 38.4 Å². The topological polar surface area (TPSA) is 85.8 Å². The Hall–Kier alpha value is -2.84. The number of benzene rings is 2. The molecule has 4 rings (SSSR count). The molecule has 0 radical (unpaired) electrons. The molecule has 7 nitrogen and oxygen atoms in total. The quantitative estimate of drug-likeness (QED) is 0.604. The summed E-state index contributed by atoms with van der Waals surface area (Å²) in [6, 6.07) is 11.7. The van der Waals surface area contributed by atoms with Crippen molar-refractivity contribution in [1.82, 2.24) is 9.29 Å². The number of amides is 1. The molecule has 1 amide bonds.